The third kappa shape index (κ3) is 5.94. The first-order valence-electron chi connectivity index (χ1n) is 8.99. The van der Waals surface area contributed by atoms with Crippen LogP contribution in [-0.2, 0) is 11.2 Å². The smallest absolute Gasteiger partial charge is 0.318 e. The lowest BCUT2D eigenvalue weighted by Crippen LogP contribution is -2.19. The van der Waals surface area contributed by atoms with Crippen LogP contribution < -0.4 is 10.2 Å². The van der Waals surface area contributed by atoms with E-state index in [2.05, 4.69) is 10.5 Å². The van der Waals surface area contributed by atoms with Crippen molar-refractivity contribution in [1.82, 2.24) is 5.43 Å². The summed E-state index contributed by atoms with van der Waals surface area (Å²) in [6.07, 6.45) is 1.59. The molecule has 0 radical (unpaired) electrons. The van der Waals surface area contributed by atoms with E-state index in [1.165, 1.54) is 12.3 Å². The van der Waals surface area contributed by atoms with Gasteiger partial charge in [-0.25, -0.2) is 5.43 Å². The van der Waals surface area contributed by atoms with Crippen LogP contribution in [0.15, 0.2) is 77.9 Å². The van der Waals surface area contributed by atoms with Crippen LogP contribution in [0.1, 0.15) is 11.1 Å². The van der Waals surface area contributed by atoms with Gasteiger partial charge in [0.2, 0.25) is 11.7 Å². The number of carbonyl (C=O) groups is 1. The molecular weight excluding hydrogens is 404 g/mol. The van der Waals surface area contributed by atoms with Gasteiger partial charge < -0.3 is 4.74 Å². The number of ether oxygens (including phenoxy) is 1. The van der Waals surface area contributed by atoms with Crippen LogP contribution in [0.4, 0.5) is 11.4 Å². The topological polar surface area (TPSA) is 137 Å². The zero-order chi connectivity index (χ0) is 22.2. The third-order valence-electron chi connectivity index (χ3n) is 4.05. The fourth-order valence-electron chi connectivity index (χ4n) is 2.63. The Morgan fingerprint density at radius 3 is 2.45 bits per heavy atom. The van der Waals surface area contributed by atoms with E-state index in [0.717, 1.165) is 17.7 Å². The number of hydrogen-bond donors (Lipinski definition) is 1. The Hall–Kier alpha value is -4.60. The molecule has 1 N–H and O–H groups in total. The fourth-order valence-corrected chi connectivity index (χ4v) is 2.63. The molecule has 0 aliphatic carbocycles. The lowest BCUT2D eigenvalue weighted by Gasteiger charge is -2.07. The van der Waals surface area contributed by atoms with Crippen LogP contribution in [0.5, 0.6) is 11.5 Å². The molecule has 0 spiro atoms. The van der Waals surface area contributed by atoms with E-state index in [0.29, 0.717) is 5.56 Å². The normalized spacial score (nSPS) is 10.6. The molecule has 31 heavy (non-hydrogen) atoms. The molecule has 156 valence electrons. The van der Waals surface area contributed by atoms with Gasteiger partial charge in [0.15, 0.2) is 0 Å². The summed E-state index contributed by atoms with van der Waals surface area (Å²) in [5.74, 6) is -0.159. The van der Waals surface area contributed by atoms with E-state index < -0.39 is 21.2 Å². The van der Waals surface area contributed by atoms with Gasteiger partial charge in [-0.05, 0) is 29.3 Å². The zero-order valence-electron chi connectivity index (χ0n) is 16.0. The summed E-state index contributed by atoms with van der Waals surface area (Å²) in [6.45, 7) is 0. The quantitative estimate of drug-likeness (QED) is 0.332. The number of rotatable bonds is 8. The molecule has 10 nitrogen and oxygen atoms in total. The van der Waals surface area contributed by atoms with E-state index in [1.807, 2.05) is 30.3 Å². The minimum atomic E-state index is -0.754. The van der Waals surface area contributed by atoms with E-state index in [4.69, 9.17) is 4.74 Å². The number of benzene rings is 3. The number of non-ortho nitro benzene ring substituents is 1. The van der Waals surface area contributed by atoms with Crippen molar-refractivity contribution in [3.63, 3.8) is 0 Å². The maximum Gasteiger partial charge on any atom is 0.318 e. The Labute approximate surface area is 176 Å². The van der Waals surface area contributed by atoms with Crippen molar-refractivity contribution in [2.75, 3.05) is 0 Å². The monoisotopic (exact) mass is 420 g/mol. The average molecular weight is 420 g/mol. The highest BCUT2D eigenvalue weighted by molar-refractivity contribution is 5.83. The maximum atomic E-state index is 11.9. The van der Waals surface area contributed by atoms with Crippen LogP contribution in [-0.4, -0.2) is 22.0 Å². The lowest BCUT2D eigenvalue weighted by atomic mass is 10.1. The predicted octanol–water partition coefficient (Wildman–Crippen LogP) is 3.99. The molecule has 0 atom stereocenters. The first-order chi connectivity index (χ1) is 14.9. The minimum absolute atomic E-state index is 0.138. The summed E-state index contributed by atoms with van der Waals surface area (Å²) in [7, 11) is 0. The predicted molar refractivity (Wildman–Crippen MR) is 112 cm³/mol. The summed E-state index contributed by atoms with van der Waals surface area (Å²) < 4.78 is 5.54. The van der Waals surface area contributed by atoms with Crippen LogP contribution in [0.25, 0.3) is 0 Å². The highest BCUT2D eigenvalue weighted by Gasteiger charge is 2.21. The van der Waals surface area contributed by atoms with Gasteiger partial charge in [0.1, 0.15) is 5.75 Å². The standard InChI is InChI=1S/C21H16N4O6/c26-21(12-15-5-2-1-3-6-15)23-22-14-16-7-4-8-18(11-16)31-20-10-9-17(24(27)28)13-19(20)25(29)30/h1-11,13-14H,12H2,(H,23,26)/b22-14+. The fraction of sp³-hybridized carbons (Fsp3) is 0.0476. The van der Waals surface area contributed by atoms with E-state index in [1.54, 1.807) is 24.3 Å². The number of hydrogen-bond acceptors (Lipinski definition) is 7. The highest BCUT2D eigenvalue weighted by Crippen LogP contribution is 2.34. The van der Waals surface area contributed by atoms with Crippen LogP contribution in [0, 0.1) is 20.2 Å². The molecule has 3 aromatic carbocycles. The number of hydrazone groups is 1. The average Bonchev–Trinajstić information content (AvgIpc) is 2.74. The molecule has 10 heteroatoms. The molecule has 0 fully saturated rings. The zero-order valence-corrected chi connectivity index (χ0v) is 16.0. The minimum Gasteiger partial charge on any atom is -0.450 e. The molecule has 0 heterocycles. The molecule has 0 aliphatic heterocycles. The number of nitro groups is 2. The lowest BCUT2D eigenvalue weighted by molar-refractivity contribution is -0.394. The molecule has 0 aliphatic rings. The summed E-state index contributed by atoms with van der Waals surface area (Å²) in [5.41, 5.74) is 2.92. The molecule has 1 amide bonds. The number of amides is 1. The Balaban J connectivity index is 1.68. The first-order valence-corrected chi connectivity index (χ1v) is 8.99. The first kappa shape index (κ1) is 21.1. The number of carbonyl (C=O) groups excluding carboxylic acids is 1. The maximum absolute atomic E-state index is 11.9. The molecule has 0 saturated carbocycles. The molecule has 3 aromatic rings. The van der Waals surface area contributed by atoms with Crippen molar-refractivity contribution in [3.05, 3.63) is 104 Å². The van der Waals surface area contributed by atoms with Crippen molar-refractivity contribution >= 4 is 23.5 Å². The van der Waals surface area contributed by atoms with Crippen molar-refractivity contribution in [1.29, 1.82) is 0 Å². The Bertz CT molecular complexity index is 1150. The SMILES string of the molecule is O=C(Cc1ccccc1)N/N=C/c1cccc(Oc2ccc([N+](=O)[O-])cc2[N+](=O)[O-])c1. The van der Waals surface area contributed by atoms with Gasteiger partial charge in [0.05, 0.1) is 28.5 Å². The Morgan fingerprint density at radius 2 is 1.74 bits per heavy atom. The summed E-state index contributed by atoms with van der Waals surface area (Å²) >= 11 is 0. The second-order valence-electron chi connectivity index (χ2n) is 6.30. The number of nitrogens with one attached hydrogen (secondary N) is 1. The molecule has 0 bridgehead atoms. The van der Waals surface area contributed by atoms with Gasteiger partial charge in [-0.1, -0.05) is 42.5 Å². The molecule has 0 unspecified atom stereocenters. The van der Waals surface area contributed by atoms with Gasteiger partial charge in [0, 0.05) is 6.07 Å². The summed E-state index contributed by atoms with van der Waals surface area (Å²) in [6, 6.07) is 18.8. The van der Waals surface area contributed by atoms with Gasteiger partial charge in [-0.15, -0.1) is 0 Å². The second kappa shape index (κ2) is 9.74. The molecular formula is C21H16N4O6. The van der Waals surface area contributed by atoms with Crippen LogP contribution >= 0.6 is 0 Å². The number of nitrogens with zero attached hydrogens (tertiary/aromatic N) is 3. The highest BCUT2D eigenvalue weighted by atomic mass is 16.6. The largest absolute Gasteiger partial charge is 0.450 e. The van der Waals surface area contributed by atoms with Crippen LogP contribution in [0.3, 0.4) is 0 Å². The van der Waals surface area contributed by atoms with Gasteiger partial charge in [-0.2, -0.15) is 5.10 Å². The third-order valence-corrected chi connectivity index (χ3v) is 4.05. The summed E-state index contributed by atoms with van der Waals surface area (Å²) in [5, 5.41) is 26.0. The van der Waals surface area contributed by atoms with E-state index in [9.17, 15) is 25.0 Å². The van der Waals surface area contributed by atoms with Crippen molar-refractivity contribution in [2.24, 2.45) is 5.10 Å². The second-order valence-corrected chi connectivity index (χ2v) is 6.30. The Kier molecular flexibility index (Phi) is 6.64. The van der Waals surface area contributed by atoms with Crippen molar-refractivity contribution in [3.8, 4) is 11.5 Å². The number of nitro benzene ring substituents is 2. The van der Waals surface area contributed by atoms with Crippen LogP contribution in [0.2, 0.25) is 0 Å². The molecule has 3 rings (SSSR count). The van der Waals surface area contributed by atoms with Gasteiger partial charge >= 0.3 is 5.69 Å². The molecule has 0 saturated heterocycles. The van der Waals surface area contributed by atoms with E-state index >= 15 is 0 Å². The van der Waals surface area contributed by atoms with Gasteiger partial charge in [-0.3, -0.25) is 25.0 Å². The van der Waals surface area contributed by atoms with Crippen molar-refractivity contribution < 1.29 is 19.4 Å². The Morgan fingerprint density at radius 1 is 0.968 bits per heavy atom. The van der Waals surface area contributed by atoms with E-state index in [-0.39, 0.29) is 23.8 Å². The van der Waals surface area contributed by atoms with Gasteiger partial charge in [0.25, 0.3) is 5.69 Å². The summed E-state index contributed by atoms with van der Waals surface area (Å²) in [4.78, 5) is 32.5. The molecule has 0 aromatic heterocycles. The van der Waals surface area contributed by atoms with Crippen molar-refractivity contribution in [2.45, 2.75) is 6.42 Å².